The van der Waals surface area contributed by atoms with Crippen molar-refractivity contribution >= 4 is 17.8 Å². The van der Waals surface area contributed by atoms with Crippen LogP contribution in [0.25, 0.3) is 11.3 Å². The van der Waals surface area contributed by atoms with E-state index in [9.17, 15) is 24.3 Å². The Labute approximate surface area is 250 Å². The third-order valence-corrected chi connectivity index (χ3v) is 6.37. The van der Waals surface area contributed by atoms with E-state index < -0.39 is 30.0 Å². The number of carbonyl (C=O) groups excluding carboxylic acids is 1. The molecule has 12 heteroatoms. The molecule has 0 radical (unpaired) electrons. The summed E-state index contributed by atoms with van der Waals surface area (Å²) >= 11 is 0. The molecule has 5 N–H and O–H groups in total. The molecule has 0 bridgehead atoms. The number of carboxylic acids is 2. The molecule has 0 aliphatic carbocycles. The van der Waals surface area contributed by atoms with Gasteiger partial charge in [-0.1, -0.05) is 49.4 Å². The van der Waals surface area contributed by atoms with Gasteiger partial charge in [0.15, 0.2) is 6.10 Å². The fourth-order valence-electron chi connectivity index (χ4n) is 4.11. The van der Waals surface area contributed by atoms with Gasteiger partial charge in [-0.3, -0.25) is 19.0 Å². The quantitative estimate of drug-likeness (QED) is 0.192. The van der Waals surface area contributed by atoms with E-state index >= 15 is 0 Å². The van der Waals surface area contributed by atoms with Crippen molar-refractivity contribution < 1.29 is 34.1 Å². The number of nitrogens with two attached hydrogens (primary N) is 1. The first kappa shape index (κ1) is 34.7. The van der Waals surface area contributed by atoms with Crippen molar-refractivity contribution in [3.8, 4) is 17.0 Å². The molecular formula is C31H40N4O8. The predicted octanol–water partition coefficient (Wildman–Crippen LogP) is 2.51. The molecule has 232 valence electrons. The fraction of sp³-hybridized carbons (Fsp3) is 0.387. The second kappa shape index (κ2) is 18.1. The lowest BCUT2D eigenvalue weighted by molar-refractivity contribution is -0.150. The second-order valence-corrected chi connectivity index (χ2v) is 9.43. The Morgan fingerprint density at radius 2 is 1.70 bits per heavy atom. The molecule has 12 nitrogen and oxygen atoms in total. The van der Waals surface area contributed by atoms with Crippen molar-refractivity contribution in [1.82, 2.24) is 14.9 Å². The molecule has 0 saturated heterocycles. The lowest BCUT2D eigenvalue weighted by Crippen LogP contribution is -2.34. The highest BCUT2D eigenvalue weighted by Gasteiger charge is 2.18. The lowest BCUT2D eigenvalue weighted by Gasteiger charge is -2.14. The van der Waals surface area contributed by atoms with Gasteiger partial charge in [0.25, 0.3) is 5.56 Å². The highest BCUT2D eigenvalue weighted by Crippen LogP contribution is 2.17. The maximum atomic E-state index is 12.7. The molecule has 2 unspecified atom stereocenters. The Morgan fingerprint density at radius 1 is 1.02 bits per heavy atom. The lowest BCUT2D eigenvalue weighted by atomic mass is 10.1. The Morgan fingerprint density at radius 3 is 2.23 bits per heavy atom. The molecule has 1 heterocycles. The number of amides is 1. The van der Waals surface area contributed by atoms with Crippen molar-refractivity contribution in [3.05, 3.63) is 82.4 Å². The summed E-state index contributed by atoms with van der Waals surface area (Å²) in [5.41, 5.74) is 7.17. The molecule has 0 aliphatic rings. The van der Waals surface area contributed by atoms with Crippen LogP contribution in [0.2, 0.25) is 0 Å². The number of carbonyl (C=O) groups is 3. The van der Waals surface area contributed by atoms with Gasteiger partial charge in [-0.25, -0.2) is 9.78 Å². The summed E-state index contributed by atoms with van der Waals surface area (Å²) in [6, 6.07) is 17.8. The molecule has 0 fully saturated rings. The largest absolute Gasteiger partial charge is 0.492 e. The van der Waals surface area contributed by atoms with Crippen LogP contribution in [-0.2, 0) is 38.5 Å². The van der Waals surface area contributed by atoms with Gasteiger partial charge in [0, 0.05) is 37.5 Å². The summed E-state index contributed by atoms with van der Waals surface area (Å²) in [7, 11) is 1.53. The summed E-state index contributed by atoms with van der Waals surface area (Å²) in [5, 5.41) is 20.2. The van der Waals surface area contributed by atoms with Gasteiger partial charge in [0.05, 0.1) is 12.2 Å². The van der Waals surface area contributed by atoms with E-state index in [4.69, 9.17) is 20.3 Å². The van der Waals surface area contributed by atoms with Crippen molar-refractivity contribution in [2.75, 3.05) is 20.3 Å². The molecule has 2 atom stereocenters. The first-order valence-electron chi connectivity index (χ1n) is 14.0. The summed E-state index contributed by atoms with van der Waals surface area (Å²) in [4.78, 5) is 49.2. The zero-order chi connectivity index (χ0) is 31.8. The predicted molar refractivity (Wildman–Crippen MR) is 161 cm³/mol. The monoisotopic (exact) mass is 596 g/mol. The van der Waals surface area contributed by atoms with E-state index in [1.807, 2.05) is 49.4 Å². The van der Waals surface area contributed by atoms with Crippen LogP contribution >= 0.6 is 0 Å². The second-order valence-electron chi connectivity index (χ2n) is 9.43. The van der Waals surface area contributed by atoms with Crippen LogP contribution in [0.5, 0.6) is 5.75 Å². The molecule has 0 aliphatic heterocycles. The van der Waals surface area contributed by atoms with Gasteiger partial charge in [-0.05, 0) is 38.1 Å². The third-order valence-electron chi connectivity index (χ3n) is 6.37. The van der Waals surface area contributed by atoms with Gasteiger partial charge in [-0.2, -0.15) is 0 Å². The first-order chi connectivity index (χ1) is 20.6. The van der Waals surface area contributed by atoms with Gasteiger partial charge >= 0.3 is 11.9 Å². The Bertz CT molecular complexity index is 1380. The standard InChI is InChI=1S/C25H28N2O5.C6H12N2O3/c1-3-23-26-21(19-8-6-5-7-9-19)17-24(28)27(23)14-15-32-20-12-10-18(11-13-20)16-22(25(29)30)31-4-2;1-8-4(6(10)11)2-3-5(7)9/h5-13,17,22H,3-4,14-16H2,1-2H3,(H,29,30);4,8H,2-3H2,1H3,(H2,7,9)(H,10,11). The average molecular weight is 597 g/mol. The Balaban J connectivity index is 0.000000499. The summed E-state index contributed by atoms with van der Waals surface area (Å²) in [6.45, 7) is 4.79. The summed E-state index contributed by atoms with van der Waals surface area (Å²) in [6.07, 6.45) is 0.393. The fourth-order valence-corrected chi connectivity index (χ4v) is 4.11. The Kier molecular flexibility index (Phi) is 14.6. The number of aryl methyl sites for hydroxylation is 1. The number of aromatic nitrogens is 2. The van der Waals surface area contributed by atoms with Crippen LogP contribution in [-0.4, -0.2) is 70.0 Å². The first-order valence-corrected chi connectivity index (χ1v) is 14.0. The number of hydrogen-bond donors (Lipinski definition) is 4. The minimum atomic E-state index is -0.976. The van der Waals surface area contributed by atoms with E-state index in [1.54, 1.807) is 29.7 Å². The topological polar surface area (TPSA) is 183 Å². The molecule has 43 heavy (non-hydrogen) atoms. The average Bonchev–Trinajstić information content (AvgIpc) is 2.99. The molecule has 2 aromatic carbocycles. The van der Waals surface area contributed by atoms with Crippen molar-refractivity contribution in [2.24, 2.45) is 5.73 Å². The van der Waals surface area contributed by atoms with Gasteiger partial charge in [-0.15, -0.1) is 0 Å². The number of hydrogen-bond acceptors (Lipinski definition) is 8. The number of ether oxygens (including phenoxy) is 2. The minimum Gasteiger partial charge on any atom is -0.492 e. The Hall–Kier alpha value is -4.55. The molecule has 0 saturated carbocycles. The van der Waals surface area contributed by atoms with Crippen LogP contribution in [0.3, 0.4) is 0 Å². The molecule has 3 aromatic rings. The highest BCUT2D eigenvalue weighted by atomic mass is 16.5. The van der Waals surface area contributed by atoms with E-state index in [0.29, 0.717) is 43.4 Å². The van der Waals surface area contributed by atoms with Crippen molar-refractivity contribution in [2.45, 2.75) is 58.2 Å². The van der Waals surface area contributed by atoms with Crippen LogP contribution in [0.1, 0.15) is 38.1 Å². The van der Waals surface area contributed by atoms with E-state index in [-0.39, 0.29) is 24.8 Å². The number of nitrogens with one attached hydrogen (secondary N) is 1. The molecule has 1 amide bonds. The number of nitrogens with zero attached hydrogens (tertiary/aromatic N) is 2. The van der Waals surface area contributed by atoms with Crippen LogP contribution < -0.4 is 21.3 Å². The highest BCUT2D eigenvalue weighted by molar-refractivity contribution is 5.77. The number of likely N-dealkylation sites (N-methyl/N-ethyl adjacent to an activating group) is 1. The number of primary amides is 1. The van der Waals surface area contributed by atoms with Gasteiger partial charge in [0.2, 0.25) is 5.91 Å². The number of benzene rings is 2. The zero-order valence-electron chi connectivity index (χ0n) is 24.7. The normalized spacial score (nSPS) is 12.0. The van der Waals surface area contributed by atoms with Crippen LogP contribution in [0.4, 0.5) is 0 Å². The van der Waals surface area contributed by atoms with Crippen LogP contribution in [0.15, 0.2) is 65.5 Å². The molecule has 3 rings (SSSR count). The van der Waals surface area contributed by atoms with E-state index in [0.717, 1.165) is 11.1 Å². The maximum Gasteiger partial charge on any atom is 0.333 e. The molecular weight excluding hydrogens is 556 g/mol. The van der Waals surface area contributed by atoms with E-state index in [2.05, 4.69) is 10.3 Å². The number of rotatable bonds is 16. The molecule has 1 aromatic heterocycles. The van der Waals surface area contributed by atoms with Gasteiger partial charge < -0.3 is 30.7 Å². The van der Waals surface area contributed by atoms with Crippen molar-refractivity contribution in [3.63, 3.8) is 0 Å². The zero-order valence-corrected chi connectivity index (χ0v) is 24.7. The number of carboxylic acid groups (broad SMARTS) is 2. The SMILES string of the molecule is CCOC(Cc1ccc(OCCn2c(CC)nc(-c3ccccc3)cc2=O)cc1)C(=O)O.CNC(CCC(N)=O)C(=O)O. The molecule has 0 spiro atoms. The van der Waals surface area contributed by atoms with Gasteiger partial charge in [0.1, 0.15) is 24.2 Å². The number of aliphatic carboxylic acids is 2. The van der Waals surface area contributed by atoms with Crippen LogP contribution in [0, 0.1) is 0 Å². The summed E-state index contributed by atoms with van der Waals surface area (Å²) < 4.78 is 12.7. The van der Waals surface area contributed by atoms with Crippen molar-refractivity contribution in [1.29, 1.82) is 0 Å². The minimum absolute atomic E-state index is 0.0950. The summed E-state index contributed by atoms with van der Waals surface area (Å²) in [5.74, 6) is -1.06. The smallest absolute Gasteiger partial charge is 0.333 e. The maximum absolute atomic E-state index is 12.7. The van der Waals surface area contributed by atoms with E-state index in [1.165, 1.54) is 7.05 Å². The third kappa shape index (κ3) is 11.7.